The minimum absolute atomic E-state index is 0.289. The number of hydrogen-bond donors (Lipinski definition) is 1. The fraction of sp³-hybridized carbons (Fsp3) is 0.333. The van der Waals surface area contributed by atoms with E-state index in [-0.39, 0.29) is 5.97 Å². The number of carbonyl (C=O) groups excluding carboxylic acids is 1. The third-order valence-electron chi connectivity index (χ3n) is 2.53. The lowest BCUT2D eigenvalue weighted by molar-refractivity contribution is -0.144. The van der Waals surface area contributed by atoms with E-state index < -0.39 is 5.92 Å². The number of aromatic amines is 1. The smallest absolute Gasteiger partial charge is 0.316 e. The Labute approximate surface area is 104 Å². The molecule has 0 spiro atoms. The first-order chi connectivity index (χ1) is 8.13. The molecule has 5 heteroatoms. The maximum absolute atomic E-state index is 11.6. The molecule has 17 heavy (non-hydrogen) atoms. The number of nitrogens with one attached hydrogen (secondary N) is 1. The number of fused-ring (bicyclic) bond motifs is 1. The van der Waals surface area contributed by atoms with Crippen LogP contribution in [0.1, 0.15) is 25.6 Å². The molecule has 1 aromatic heterocycles. The number of rotatable bonds is 3. The predicted octanol–water partition coefficient (Wildman–Crippen LogP) is 2.88. The maximum atomic E-state index is 11.6. The van der Waals surface area contributed by atoms with Gasteiger partial charge in [0.2, 0.25) is 0 Å². The average molecular weight is 253 g/mol. The maximum Gasteiger partial charge on any atom is 0.316 e. The van der Waals surface area contributed by atoms with Crippen LogP contribution in [0.2, 0.25) is 5.02 Å². The van der Waals surface area contributed by atoms with Crippen molar-refractivity contribution < 1.29 is 9.53 Å². The summed E-state index contributed by atoms with van der Waals surface area (Å²) in [4.78, 5) is 19.0. The Kier molecular flexibility index (Phi) is 3.33. The van der Waals surface area contributed by atoms with E-state index in [1.807, 2.05) is 12.1 Å². The topological polar surface area (TPSA) is 55.0 Å². The zero-order valence-corrected chi connectivity index (χ0v) is 10.4. The van der Waals surface area contributed by atoms with Gasteiger partial charge >= 0.3 is 5.97 Å². The lowest BCUT2D eigenvalue weighted by Crippen LogP contribution is -2.14. The first kappa shape index (κ1) is 11.9. The predicted molar refractivity (Wildman–Crippen MR) is 66.2 cm³/mol. The highest BCUT2D eigenvalue weighted by atomic mass is 35.5. The molecule has 1 heterocycles. The molecule has 0 aliphatic rings. The summed E-state index contributed by atoms with van der Waals surface area (Å²) in [5, 5.41) is 0.570. The Bertz CT molecular complexity index is 550. The summed E-state index contributed by atoms with van der Waals surface area (Å²) in [6, 6.07) is 5.47. The molecule has 0 amide bonds. The third kappa shape index (κ3) is 2.26. The third-order valence-corrected chi connectivity index (χ3v) is 2.84. The molecule has 0 aliphatic heterocycles. The zero-order valence-electron chi connectivity index (χ0n) is 9.66. The quantitative estimate of drug-likeness (QED) is 0.855. The van der Waals surface area contributed by atoms with Gasteiger partial charge < -0.3 is 9.72 Å². The molecule has 0 fully saturated rings. The summed E-state index contributed by atoms with van der Waals surface area (Å²) in [6.07, 6.45) is 0. The minimum atomic E-state index is -0.418. The van der Waals surface area contributed by atoms with Gasteiger partial charge in [-0.2, -0.15) is 0 Å². The number of carbonyl (C=O) groups is 1. The van der Waals surface area contributed by atoms with Crippen molar-refractivity contribution >= 4 is 28.6 Å². The molecular formula is C12H13ClN2O2. The molecule has 0 saturated heterocycles. The van der Waals surface area contributed by atoms with Crippen LogP contribution < -0.4 is 0 Å². The number of ether oxygens (including phenoxy) is 1. The largest absolute Gasteiger partial charge is 0.465 e. The highest BCUT2D eigenvalue weighted by molar-refractivity contribution is 6.34. The van der Waals surface area contributed by atoms with Crippen LogP contribution in [-0.2, 0) is 9.53 Å². The van der Waals surface area contributed by atoms with E-state index in [4.69, 9.17) is 16.3 Å². The number of nitrogens with zero attached hydrogens (tertiary/aromatic N) is 1. The number of esters is 1. The molecule has 0 radical (unpaired) electrons. The lowest BCUT2D eigenvalue weighted by atomic mass is 10.2. The van der Waals surface area contributed by atoms with Crippen LogP contribution in [0.3, 0.4) is 0 Å². The number of imidazole rings is 1. The van der Waals surface area contributed by atoms with Crippen LogP contribution >= 0.6 is 11.6 Å². The van der Waals surface area contributed by atoms with Crippen molar-refractivity contribution in [2.24, 2.45) is 0 Å². The van der Waals surface area contributed by atoms with Gasteiger partial charge in [-0.25, -0.2) is 4.98 Å². The Morgan fingerprint density at radius 1 is 1.59 bits per heavy atom. The highest BCUT2D eigenvalue weighted by Crippen LogP contribution is 2.24. The summed E-state index contributed by atoms with van der Waals surface area (Å²) in [5.74, 6) is -0.132. The Hall–Kier alpha value is -1.55. The van der Waals surface area contributed by atoms with Crippen molar-refractivity contribution in [3.05, 3.63) is 29.0 Å². The molecule has 0 bridgehead atoms. The standard InChI is InChI=1S/C12H13ClN2O2/c1-3-17-12(16)7(2)11-14-9-6-4-5-8(13)10(9)15-11/h4-7H,3H2,1-2H3,(H,14,15). The highest BCUT2D eigenvalue weighted by Gasteiger charge is 2.20. The van der Waals surface area contributed by atoms with Crippen molar-refractivity contribution in [3.63, 3.8) is 0 Å². The van der Waals surface area contributed by atoms with Crippen LogP contribution in [0.25, 0.3) is 11.0 Å². The summed E-state index contributed by atoms with van der Waals surface area (Å²) in [7, 11) is 0. The Balaban J connectivity index is 2.36. The van der Waals surface area contributed by atoms with E-state index in [0.717, 1.165) is 5.52 Å². The van der Waals surface area contributed by atoms with Gasteiger partial charge in [0.1, 0.15) is 17.3 Å². The van der Waals surface area contributed by atoms with Crippen molar-refractivity contribution in [1.82, 2.24) is 9.97 Å². The lowest BCUT2D eigenvalue weighted by Gasteiger charge is -2.06. The van der Waals surface area contributed by atoms with Gasteiger partial charge in [0, 0.05) is 0 Å². The summed E-state index contributed by atoms with van der Waals surface area (Å²) in [5.41, 5.74) is 1.50. The molecule has 1 N–H and O–H groups in total. The second-order valence-corrected chi connectivity index (χ2v) is 4.14. The van der Waals surface area contributed by atoms with E-state index in [2.05, 4.69) is 9.97 Å². The fourth-order valence-electron chi connectivity index (χ4n) is 1.60. The molecule has 1 aromatic carbocycles. The van der Waals surface area contributed by atoms with Crippen molar-refractivity contribution in [1.29, 1.82) is 0 Å². The van der Waals surface area contributed by atoms with Crippen LogP contribution in [0.4, 0.5) is 0 Å². The van der Waals surface area contributed by atoms with Gasteiger partial charge in [-0.1, -0.05) is 17.7 Å². The molecule has 4 nitrogen and oxygen atoms in total. The Morgan fingerprint density at radius 2 is 2.35 bits per heavy atom. The van der Waals surface area contributed by atoms with Crippen LogP contribution in [-0.4, -0.2) is 22.5 Å². The van der Waals surface area contributed by atoms with Gasteiger partial charge in [-0.05, 0) is 26.0 Å². The van der Waals surface area contributed by atoms with E-state index in [0.29, 0.717) is 23.0 Å². The van der Waals surface area contributed by atoms with Crippen molar-refractivity contribution in [2.45, 2.75) is 19.8 Å². The average Bonchev–Trinajstić information content (AvgIpc) is 2.73. The van der Waals surface area contributed by atoms with E-state index in [9.17, 15) is 4.79 Å². The molecule has 1 unspecified atom stereocenters. The molecule has 0 saturated carbocycles. The SMILES string of the molecule is CCOC(=O)C(C)c1nc2c(Cl)cccc2[nH]1. The van der Waals surface area contributed by atoms with Crippen LogP contribution in [0, 0.1) is 0 Å². The van der Waals surface area contributed by atoms with Gasteiger partial charge in [-0.15, -0.1) is 0 Å². The summed E-state index contributed by atoms with van der Waals surface area (Å²) < 4.78 is 4.95. The fourth-order valence-corrected chi connectivity index (χ4v) is 1.82. The van der Waals surface area contributed by atoms with Gasteiger partial charge in [0.25, 0.3) is 0 Å². The molecule has 0 aliphatic carbocycles. The number of hydrogen-bond acceptors (Lipinski definition) is 3. The second-order valence-electron chi connectivity index (χ2n) is 3.73. The van der Waals surface area contributed by atoms with Gasteiger partial charge in [0.05, 0.1) is 17.1 Å². The second kappa shape index (κ2) is 4.75. The number of benzene rings is 1. The van der Waals surface area contributed by atoms with Crippen molar-refractivity contribution in [2.75, 3.05) is 6.61 Å². The van der Waals surface area contributed by atoms with Crippen LogP contribution in [0.15, 0.2) is 18.2 Å². The van der Waals surface area contributed by atoms with E-state index in [1.54, 1.807) is 19.9 Å². The number of aromatic nitrogens is 2. The number of H-pyrrole nitrogens is 1. The molecule has 90 valence electrons. The normalized spacial score (nSPS) is 12.6. The Morgan fingerprint density at radius 3 is 3.00 bits per heavy atom. The first-order valence-corrected chi connectivity index (χ1v) is 5.82. The first-order valence-electron chi connectivity index (χ1n) is 5.44. The van der Waals surface area contributed by atoms with E-state index >= 15 is 0 Å². The zero-order chi connectivity index (χ0) is 12.4. The number of halogens is 1. The monoisotopic (exact) mass is 252 g/mol. The van der Waals surface area contributed by atoms with Crippen molar-refractivity contribution in [3.8, 4) is 0 Å². The number of para-hydroxylation sites is 1. The van der Waals surface area contributed by atoms with Gasteiger partial charge in [-0.3, -0.25) is 4.79 Å². The molecule has 2 aromatic rings. The minimum Gasteiger partial charge on any atom is -0.465 e. The summed E-state index contributed by atoms with van der Waals surface area (Å²) in [6.45, 7) is 3.90. The molecule has 1 atom stereocenters. The molecular weight excluding hydrogens is 240 g/mol. The summed E-state index contributed by atoms with van der Waals surface area (Å²) >= 11 is 6.02. The van der Waals surface area contributed by atoms with E-state index in [1.165, 1.54) is 0 Å². The molecule has 2 rings (SSSR count). The van der Waals surface area contributed by atoms with Crippen LogP contribution in [0.5, 0.6) is 0 Å². The van der Waals surface area contributed by atoms with Gasteiger partial charge in [0.15, 0.2) is 0 Å².